The first-order chi connectivity index (χ1) is 9.73. The number of para-hydroxylation sites is 1. The first-order valence-electron chi connectivity index (χ1n) is 7.15. The highest BCUT2D eigenvalue weighted by Gasteiger charge is 2.38. The van der Waals surface area contributed by atoms with Gasteiger partial charge in [-0.05, 0) is 23.7 Å². The van der Waals surface area contributed by atoms with Gasteiger partial charge in [-0.3, -0.25) is 9.00 Å². The van der Waals surface area contributed by atoms with E-state index in [1.165, 1.54) is 0 Å². The minimum Gasteiger partial charge on any atom is -0.377 e. The van der Waals surface area contributed by atoms with Crippen LogP contribution in [0, 0.1) is 0 Å². The Kier molecular flexibility index (Phi) is 4.53. The van der Waals surface area contributed by atoms with Crippen LogP contribution >= 0.6 is 0 Å². The zero-order valence-electron chi connectivity index (χ0n) is 13.3. The monoisotopic (exact) mass is 321 g/mol. The number of rotatable bonds is 4. The quantitative estimate of drug-likeness (QED) is 0.800. The van der Waals surface area contributed by atoms with Crippen LogP contribution in [0.15, 0.2) is 40.4 Å². The maximum absolute atomic E-state index is 12.9. The fraction of sp³-hybridized carbons (Fsp3) is 0.438. The van der Waals surface area contributed by atoms with E-state index in [4.69, 9.17) is 0 Å². The number of benzene rings is 1. The number of anilines is 1. The van der Waals surface area contributed by atoms with Gasteiger partial charge in [-0.25, -0.2) is 0 Å². The molecule has 2 rings (SSSR count). The molecular formula is C16H23NO2SSi. The predicted octanol–water partition coefficient (Wildman–Crippen LogP) is 3.01. The molecule has 0 aliphatic heterocycles. The summed E-state index contributed by atoms with van der Waals surface area (Å²) in [7, 11) is 0.916. The van der Waals surface area contributed by atoms with Gasteiger partial charge in [-0.2, -0.15) is 0 Å². The van der Waals surface area contributed by atoms with Crippen molar-refractivity contribution in [3.63, 3.8) is 0 Å². The molecule has 0 spiro atoms. The lowest BCUT2D eigenvalue weighted by Gasteiger charge is -2.20. The minimum absolute atomic E-state index is 0.0982. The van der Waals surface area contributed by atoms with E-state index in [1.54, 1.807) is 0 Å². The van der Waals surface area contributed by atoms with Crippen molar-refractivity contribution >= 4 is 30.3 Å². The largest absolute Gasteiger partial charge is 0.377 e. The fourth-order valence-corrected chi connectivity index (χ4v) is 5.93. The van der Waals surface area contributed by atoms with Gasteiger partial charge in [0.1, 0.15) is 5.25 Å². The van der Waals surface area contributed by atoms with Crippen molar-refractivity contribution in [3.05, 3.63) is 35.5 Å². The second-order valence-electron chi connectivity index (χ2n) is 6.62. The summed E-state index contributed by atoms with van der Waals surface area (Å²) >= 11 is 0. The van der Waals surface area contributed by atoms with E-state index in [-0.39, 0.29) is 5.78 Å². The van der Waals surface area contributed by atoms with E-state index < -0.39 is 24.1 Å². The van der Waals surface area contributed by atoms with Crippen LogP contribution in [0.5, 0.6) is 0 Å². The van der Waals surface area contributed by atoms with Gasteiger partial charge in [-0.1, -0.05) is 37.8 Å². The fourth-order valence-electron chi connectivity index (χ4n) is 2.62. The van der Waals surface area contributed by atoms with Crippen LogP contribution in [0.1, 0.15) is 6.42 Å². The first-order valence-corrected chi connectivity index (χ1v) is 11.9. The SMILES string of the molecule is CN(C)c1ccccc1[S@](=O)[C@H]1CC=C([Si](C)(C)C)C1=O. The average molecular weight is 322 g/mol. The van der Waals surface area contributed by atoms with Crippen molar-refractivity contribution in [1.82, 2.24) is 0 Å². The standard InChI is InChI=1S/C16H23NO2SSi/c1-17(2)12-8-6-7-9-13(12)20(19)14-10-11-15(16(14)18)21(3,4)5/h6-9,11,14H,10H2,1-5H3/t14-,20-/m0/s1. The van der Waals surface area contributed by atoms with Gasteiger partial charge >= 0.3 is 0 Å². The second kappa shape index (κ2) is 5.89. The lowest BCUT2D eigenvalue weighted by Crippen LogP contribution is -2.33. The molecule has 1 aromatic carbocycles. The summed E-state index contributed by atoms with van der Waals surface area (Å²) in [5.74, 6) is 0.0982. The number of ketones is 1. The van der Waals surface area contributed by atoms with E-state index in [2.05, 4.69) is 19.6 Å². The van der Waals surface area contributed by atoms with E-state index in [1.807, 2.05) is 49.3 Å². The Morgan fingerprint density at radius 1 is 1.19 bits per heavy atom. The van der Waals surface area contributed by atoms with Crippen LogP contribution in [0.4, 0.5) is 5.69 Å². The topological polar surface area (TPSA) is 37.4 Å². The molecule has 0 aromatic heterocycles. The summed E-state index contributed by atoms with van der Waals surface area (Å²) in [5.41, 5.74) is 0.921. The van der Waals surface area contributed by atoms with E-state index >= 15 is 0 Å². The van der Waals surface area contributed by atoms with Crippen molar-refractivity contribution < 1.29 is 9.00 Å². The number of Topliss-reactive ketones (excluding diaryl/α,β-unsaturated/α-hetero) is 1. The molecule has 0 fully saturated rings. The molecule has 0 saturated heterocycles. The zero-order valence-corrected chi connectivity index (χ0v) is 15.2. The molecule has 3 nitrogen and oxygen atoms in total. The van der Waals surface area contributed by atoms with Crippen LogP contribution < -0.4 is 4.90 Å². The molecule has 0 unspecified atom stereocenters. The first kappa shape index (κ1) is 16.2. The molecule has 21 heavy (non-hydrogen) atoms. The molecule has 114 valence electrons. The molecule has 0 amide bonds. The summed E-state index contributed by atoms with van der Waals surface area (Å²) < 4.78 is 12.9. The van der Waals surface area contributed by atoms with Crippen LogP contribution in [0.2, 0.25) is 19.6 Å². The van der Waals surface area contributed by atoms with Gasteiger partial charge in [0.05, 0.1) is 29.5 Å². The Labute approximate surface area is 130 Å². The predicted molar refractivity (Wildman–Crippen MR) is 92.0 cm³/mol. The Morgan fingerprint density at radius 2 is 1.81 bits per heavy atom. The van der Waals surface area contributed by atoms with Gasteiger partial charge in [-0.15, -0.1) is 0 Å². The second-order valence-corrected chi connectivity index (χ2v) is 13.3. The summed E-state index contributed by atoms with van der Waals surface area (Å²) in [6.07, 6.45) is 2.63. The van der Waals surface area contributed by atoms with Crippen LogP contribution in [-0.4, -0.2) is 37.4 Å². The molecule has 1 aliphatic carbocycles. The number of allylic oxidation sites excluding steroid dienone is 2. The molecule has 5 heteroatoms. The molecule has 1 aromatic rings. The van der Waals surface area contributed by atoms with Gasteiger partial charge in [0.25, 0.3) is 0 Å². The number of hydrogen-bond acceptors (Lipinski definition) is 3. The van der Waals surface area contributed by atoms with Crippen LogP contribution in [-0.2, 0) is 15.6 Å². The minimum atomic E-state index is -1.64. The van der Waals surface area contributed by atoms with Crippen molar-refractivity contribution in [2.45, 2.75) is 36.2 Å². The molecule has 0 heterocycles. The van der Waals surface area contributed by atoms with Crippen molar-refractivity contribution in [3.8, 4) is 0 Å². The van der Waals surface area contributed by atoms with E-state index in [0.29, 0.717) is 6.42 Å². The molecule has 0 radical (unpaired) electrons. The van der Waals surface area contributed by atoms with Gasteiger partial charge in [0.15, 0.2) is 5.78 Å². The lowest BCUT2D eigenvalue weighted by atomic mass is 10.3. The Balaban J connectivity index is 2.30. The molecule has 2 atom stereocenters. The summed E-state index contributed by atoms with van der Waals surface area (Å²) in [5, 5.41) is 0.538. The Bertz CT molecular complexity index is 617. The summed E-state index contributed by atoms with van der Waals surface area (Å²) in [6.45, 7) is 6.49. The molecule has 0 N–H and O–H groups in total. The van der Waals surface area contributed by atoms with Crippen molar-refractivity contribution in [1.29, 1.82) is 0 Å². The van der Waals surface area contributed by atoms with E-state index in [0.717, 1.165) is 15.8 Å². The third-order valence-corrected chi connectivity index (χ3v) is 7.49. The van der Waals surface area contributed by atoms with Crippen molar-refractivity contribution in [2.24, 2.45) is 0 Å². The summed E-state index contributed by atoms with van der Waals surface area (Å²) in [4.78, 5) is 15.3. The highest BCUT2D eigenvalue weighted by Crippen LogP contribution is 2.32. The third-order valence-electron chi connectivity index (χ3n) is 3.72. The Hall–Kier alpha value is -1.20. The number of carbonyl (C=O) groups is 1. The highest BCUT2D eigenvalue weighted by atomic mass is 32.2. The summed E-state index contributed by atoms with van der Waals surface area (Å²) in [6, 6.07) is 7.62. The highest BCUT2D eigenvalue weighted by molar-refractivity contribution is 7.86. The van der Waals surface area contributed by atoms with Gasteiger partial charge in [0.2, 0.25) is 0 Å². The molecule has 0 bridgehead atoms. The molecule has 1 aliphatic rings. The van der Waals surface area contributed by atoms with Crippen molar-refractivity contribution in [2.75, 3.05) is 19.0 Å². The third kappa shape index (κ3) is 3.19. The van der Waals surface area contributed by atoms with Gasteiger partial charge < -0.3 is 4.90 Å². The smallest absolute Gasteiger partial charge is 0.170 e. The maximum atomic E-state index is 12.9. The molecular weight excluding hydrogens is 298 g/mol. The number of carbonyl (C=O) groups excluding carboxylic acids is 1. The Morgan fingerprint density at radius 3 is 2.33 bits per heavy atom. The number of nitrogens with zero attached hydrogens (tertiary/aromatic N) is 1. The number of hydrogen-bond donors (Lipinski definition) is 0. The average Bonchev–Trinajstić information content (AvgIpc) is 2.79. The lowest BCUT2D eigenvalue weighted by molar-refractivity contribution is -0.114. The maximum Gasteiger partial charge on any atom is 0.170 e. The van der Waals surface area contributed by atoms with E-state index in [9.17, 15) is 9.00 Å². The normalized spacial score (nSPS) is 20.3. The zero-order chi connectivity index (χ0) is 15.8. The van der Waals surface area contributed by atoms with Crippen LogP contribution in [0.3, 0.4) is 0 Å². The molecule has 0 saturated carbocycles. The van der Waals surface area contributed by atoms with Gasteiger partial charge in [0, 0.05) is 14.1 Å². The van der Waals surface area contributed by atoms with Crippen LogP contribution in [0.25, 0.3) is 0 Å².